The molecule has 3 rings (SSSR count). The Hall–Kier alpha value is -1.05. The number of allylic oxidation sites excluding steroid dienone is 3. The van der Waals surface area contributed by atoms with Gasteiger partial charge < -0.3 is 5.11 Å². The first-order valence-corrected chi connectivity index (χ1v) is 7.55. The lowest BCUT2D eigenvalue weighted by atomic mass is 9.65. The van der Waals surface area contributed by atoms with E-state index in [9.17, 15) is 9.90 Å². The highest BCUT2D eigenvalue weighted by atomic mass is 16.4. The standard InChI is InChI=1S/C17H24O2/c1-17(2,3)15(16(18)19)14-9-12-7-11(8-13(12)14)10-5-4-6-10/h8,10,12-13H,4-7,9H2,1-3H3,(H,18,19)/t12-,13-/m0/s1. The Morgan fingerprint density at radius 1 is 1.26 bits per heavy atom. The molecule has 19 heavy (non-hydrogen) atoms. The number of hydrogen-bond acceptors (Lipinski definition) is 1. The lowest BCUT2D eigenvalue weighted by Crippen LogP contribution is -2.31. The average molecular weight is 260 g/mol. The summed E-state index contributed by atoms with van der Waals surface area (Å²) >= 11 is 0. The van der Waals surface area contributed by atoms with E-state index in [0.29, 0.717) is 17.4 Å². The van der Waals surface area contributed by atoms with Crippen molar-refractivity contribution in [3.8, 4) is 0 Å². The number of rotatable bonds is 2. The maximum atomic E-state index is 11.6. The maximum absolute atomic E-state index is 11.6. The molecule has 0 aromatic rings. The van der Waals surface area contributed by atoms with Crippen LogP contribution in [0.25, 0.3) is 0 Å². The van der Waals surface area contributed by atoms with E-state index in [-0.39, 0.29) is 5.41 Å². The first-order valence-electron chi connectivity index (χ1n) is 7.55. The second kappa shape index (κ2) is 4.22. The molecule has 3 aliphatic rings. The van der Waals surface area contributed by atoms with Gasteiger partial charge >= 0.3 is 5.97 Å². The zero-order valence-electron chi connectivity index (χ0n) is 12.2. The summed E-state index contributed by atoms with van der Waals surface area (Å²) in [4.78, 5) is 11.6. The van der Waals surface area contributed by atoms with E-state index in [0.717, 1.165) is 12.3 Å². The molecule has 2 nitrogen and oxygen atoms in total. The van der Waals surface area contributed by atoms with Crippen molar-refractivity contribution in [1.82, 2.24) is 0 Å². The minimum absolute atomic E-state index is 0.251. The van der Waals surface area contributed by atoms with Gasteiger partial charge in [0.2, 0.25) is 0 Å². The summed E-state index contributed by atoms with van der Waals surface area (Å²) in [7, 11) is 0. The molecule has 0 aromatic carbocycles. The van der Waals surface area contributed by atoms with Gasteiger partial charge in [-0.25, -0.2) is 4.79 Å². The van der Waals surface area contributed by atoms with Crippen LogP contribution in [0.3, 0.4) is 0 Å². The summed E-state index contributed by atoms with van der Waals surface area (Å²) in [6, 6.07) is 0. The van der Waals surface area contributed by atoms with E-state index >= 15 is 0 Å². The molecule has 1 N–H and O–H groups in total. The van der Waals surface area contributed by atoms with Gasteiger partial charge in [-0.15, -0.1) is 0 Å². The van der Waals surface area contributed by atoms with E-state index in [1.54, 1.807) is 5.57 Å². The molecule has 104 valence electrons. The van der Waals surface area contributed by atoms with E-state index in [4.69, 9.17) is 0 Å². The van der Waals surface area contributed by atoms with Gasteiger partial charge in [0, 0.05) is 11.5 Å². The third kappa shape index (κ3) is 2.05. The van der Waals surface area contributed by atoms with Gasteiger partial charge in [-0.05, 0) is 42.9 Å². The molecule has 0 spiro atoms. The highest BCUT2D eigenvalue weighted by Crippen LogP contribution is 2.55. The molecule has 2 fully saturated rings. The van der Waals surface area contributed by atoms with Gasteiger partial charge in [0.15, 0.2) is 0 Å². The molecular weight excluding hydrogens is 236 g/mol. The fourth-order valence-corrected chi connectivity index (χ4v) is 4.00. The first kappa shape index (κ1) is 13.0. The van der Waals surface area contributed by atoms with Crippen LogP contribution in [-0.4, -0.2) is 11.1 Å². The molecule has 0 saturated heterocycles. The van der Waals surface area contributed by atoms with Crippen LogP contribution in [0.4, 0.5) is 0 Å². The van der Waals surface area contributed by atoms with Gasteiger partial charge in [0.05, 0.1) is 0 Å². The van der Waals surface area contributed by atoms with Crippen molar-refractivity contribution in [3.63, 3.8) is 0 Å². The third-order valence-corrected chi connectivity index (χ3v) is 5.20. The van der Waals surface area contributed by atoms with Crippen LogP contribution in [0, 0.1) is 23.2 Å². The summed E-state index contributed by atoms with van der Waals surface area (Å²) in [5.74, 6) is 1.27. The molecule has 0 radical (unpaired) electrons. The van der Waals surface area contributed by atoms with Gasteiger partial charge in [-0.1, -0.05) is 44.4 Å². The number of hydrogen-bond donors (Lipinski definition) is 1. The van der Waals surface area contributed by atoms with Crippen LogP contribution in [-0.2, 0) is 4.79 Å². The molecule has 0 aromatic heterocycles. The topological polar surface area (TPSA) is 37.3 Å². The quantitative estimate of drug-likeness (QED) is 0.597. The van der Waals surface area contributed by atoms with Crippen LogP contribution in [0.2, 0.25) is 0 Å². The second-order valence-corrected chi connectivity index (χ2v) is 7.52. The molecule has 0 unspecified atom stereocenters. The van der Waals surface area contributed by atoms with Crippen molar-refractivity contribution in [2.45, 2.75) is 52.9 Å². The molecule has 3 aliphatic carbocycles. The van der Waals surface area contributed by atoms with Crippen molar-refractivity contribution >= 4 is 5.97 Å². The molecule has 2 atom stereocenters. The molecule has 0 aliphatic heterocycles. The molecule has 0 bridgehead atoms. The highest BCUT2D eigenvalue weighted by molar-refractivity contribution is 5.89. The third-order valence-electron chi connectivity index (χ3n) is 5.20. The summed E-state index contributed by atoms with van der Waals surface area (Å²) in [5.41, 5.74) is 3.26. The Kier molecular flexibility index (Phi) is 2.88. The normalized spacial score (nSPS) is 33.1. The molecule has 2 heteroatoms. The van der Waals surface area contributed by atoms with Crippen molar-refractivity contribution in [2.24, 2.45) is 23.2 Å². The fourth-order valence-electron chi connectivity index (χ4n) is 4.00. The monoisotopic (exact) mass is 260 g/mol. The summed E-state index contributed by atoms with van der Waals surface area (Å²) in [5, 5.41) is 9.52. The molecule has 0 amide bonds. The van der Waals surface area contributed by atoms with Crippen LogP contribution < -0.4 is 0 Å². The summed E-state index contributed by atoms with van der Waals surface area (Å²) < 4.78 is 0. The van der Waals surface area contributed by atoms with Gasteiger partial charge in [-0.2, -0.15) is 0 Å². The Balaban J connectivity index is 1.88. The maximum Gasteiger partial charge on any atom is 0.332 e. The number of aliphatic carboxylic acids is 1. The number of carboxylic acid groups (broad SMARTS) is 1. The van der Waals surface area contributed by atoms with Gasteiger partial charge in [0.25, 0.3) is 0 Å². The molecule has 0 heterocycles. The first-order chi connectivity index (χ1) is 8.88. The molecular formula is C17H24O2. The Labute approximate surface area is 115 Å². The summed E-state index contributed by atoms with van der Waals surface area (Å²) in [6.07, 6.45) is 8.75. The Morgan fingerprint density at radius 3 is 2.42 bits per heavy atom. The van der Waals surface area contributed by atoms with Crippen LogP contribution >= 0.6 is 0 Å². The van der Waals surface area contributed by atoms with Crippen LogP contribution in [0.15, 0.2) is 22.8 Å². The largest absolute Gasteiger partial charge is 0.478 e. The number of carboxylic acids is 1. The van der Waals surface area contributed by atoms with Crippen molar-refractivity contribution in [1.29, 1.82) is 0 Å². The zero-order valence-corrected chi connectivity index (χ0v) is 12.2. The van der Waals surface area contributed by atoms with E-state index in [1.165, 1.54) is 31.3 Å². The summed E-state index contributed by atoms with van der Waals surface area (Å²) in [6.45, 7) is 6.05. The minimum Gasteiger partial charge on any atom is -0.478 e. The number of fused-ring (bicyclic) bond motifs is 1. The smallest absolute Gasteiger partial charge is 0.332 e. The van der Waals surface area contributed by atoms with Crippen LogP contribution in [0.1, 0.15) is 52.9 Å². The average Bonchev–Trinajstić information content (AvgIpc) is 2.48. The van der Waals surface area contributed by atoms with E-state index in [2.05, 4.69) is 6.08 Å². The molecule has 2 saturated carbocycles. The highest BCUT2D eigenvalue weighted by Gasteiger charge is 2.45. The zero-order chi connectivity index (χ0) is 13.8. The van der Waals surface area contributed by atoms with Crippen molar-refractivity contribution in [3.05, 3.63) is 22.8 Å². The second-order valence-electron chi connectivity index (χ2n) is 7.52. The van der Waals surface area contributed by atoms with E-state index in [1.807, 2.05) is 20.8 Å². The Bertz CT molecular complexity index is 472. The lowest BCUT2D eigenvalue weighted by molar-refractivity contribution is -0.133. The van der Waals surface area contributed by atoms with Gasteiger partial charge in [-0.3, -0.25) is 0 Å². The fraction of sp³-hybridized carbons (Fsp3) is 0.706. The number of carbonyl (C=O) groups is 1. The van der Waals surface area contributed by atoms with E-state index < -0.39 is 5.97 Å². The predicted molar refractivity (Wildman–Crippen MR) is 75.8 cm³/mol. The predicted octanol–water partition coefficient (Wildman–Crippen LogP) is 4.18. The minimum atomic E-state index is -0.716. The van der Waals surface area contributed by atoms with Crippen LogP contribution in [0.5, 0.6) is 0 Å². The van der Waals surface area contributed by atoms with Crippen molar-refractivity contribution < 1.29 is 9.90 Å². The van der Waals surface area contributed by atoms with Gasteiger partial charge in [0.1, 0.15) is 0 Å². The SMILES string of the molecule is CC(C)(C)C(C(=O)O)=C1C[C@@H]2CC(C3CCC3)=C[C@H]12. The van der Waals surface area contributed by atoms with Crippen molar-refractivity contribution in [2.75, 3.05) is 0 Å². The Morgan fingerprint density at radius 2 is 1.95 bits per heavy atom. The lowest BCUT2D eigenvalue weighted by Gasteiger charge is -2.38.